The van der Waals surface area contributed by atoms with E-state index in [1.165, 1.54) is 19.2 Å². The molecule has 0 amide bonds. The molecule has 5 heteroatoms. The second kappa shape index (κ2) is 7.21. The molecule has 0 heterocycles. The summed E-state index contributed by atoms with van der Waals surface area (Å²) in [6.45, 7) is 2.73. The molecular weight excluding hydrogens is 249 g/mol. The first kappa shape index (κ1) is 15.6. The molecule has 19 heavy (non-hydrogen) atoms. The number of methoxy groups -OCH3 is 2. The van der Waals surface area contributed by atoms with E-state index in [9.17, 15) is 9.18 Å². The molecule has 106 valence electrons. The molecule has 0 aliphatic heterocycles. The second-order valence-corrected chi connectivity index (χ2v) is 4.55. The average Bonchev–Trinajstić information content (AvgIpc) is 2.38. The molecule has 0 fully saturated rings. The summed E-state index contributed by atoms with van der Waals surface area (Å²) < 4.78 is 22.9. The lowest BCUT2D eigenvalue weighted by Crippen LogP contribution is -2.52. The number of hydrogen-bond acceptors (Lipinski definition) is 4. The quantitative estimate of drug-likeness (QED) is 0.602. The molecule has 1 rings (SSSR count). The Labute approximate surface area is 112 Å². The monoisotopic (exact) mass is 269 g/mol. The summed E-state index contributed by atoms with van der Waals surface area (Å²) in [5, 5.41) is 3.09. The molecule has 0 spiro atoms. The van der Waals surface area contributed by atoms with Gasteiger partial charge in [-0.3, -0.25) is 10.1 Å². The fourth-order valence-corrected chi connectivity index (χ4v) is 1.92. The molecule has 4 nitrogen and oxygen atoms in total. The van der Waals surface area contributed by atoms with Gasteiger partial charge in [-0.1, -0.05) is 12.1 Å². The highest BCUT2D eigenvalue weighted by Crippen LogP contribution is 2.16. The average molecular weight is 269 g/mol. The molecule has 1 aromatic rings. The van der Waals surface area contributed by atoms with Crippen LogP contribution in [0, 0.1) is 5.82 Å². The van der Waals surface area contributed by atoms with Gasteiger partial charge in [0.1, 0.15) is 11.4 Å². The van der Waals surface area contributed by atoms with Gasteiger partial charge in [0.05, 0.1) is 13.7 Å². The van der Waals surface area contributed by atoms with E-state index in [2.05, 4.69) is 5.32 Å². The smallest absolute Gasteiger partial charge is 0.326 e. The Morgan fingerprint density at radius 2 is 2.16 bits per heavy atom. The fraction of sp³-hybridized carbons (Fsp3) is 0.500. The molecule has 0 bridgehead atoms. The van der Waals surface area contributed by atoms with Crippen molar-refractivity contribution in [3.63, 3.8) is 0 Å². The lowest BCUT2D eigenvalue weighted by Gasteiger charge is -2.28. The molecule has 0 aliphatic carbocycles. The van der Waals surface area contributed by atoms with Gasteiger partial charge in [0, 0.05) is 20.1 Å². The molecule has 0 aliphatic rings. The molecule has 1 unspecified atom stereocenters. The first-order valence-corrected chi connectivity index (χ1v) is 6.08. The highest BCUT2D eigenvalue weighted by Gasteiger charge is 2.33. The Morgan fingerprint density at radius 3 is 2.74 bits per heavy atom. The van der Waals surface area contributed by atoms with Crippen LogP contribution in [0.3, 0.4) is 0 Å². The van der Waals surface area contributed by atoms with Gasteiger partial charge in [-0.2, -0.15) is 0 Å². The largest absolute Gasteiger partial charge is 0.468 e. The highest BCUT2D eigenvalue weighted by molar-refractivity contribution is 5.80. The number of benzene rings is 1. The number of carbonyl (C=O) groups excluding carboxylic acids is 1. The molecule has 1 aromatic carbocycles. The number of rotatable bonds is 7. The maximum atomic E-state index is 13.2. The summed E-state index contributed by atoms with van der Waals surface area (Å²) in [6, 6.07) is 6.19. The van der Waals surface area contributed by atoms with Crippen LogP contribution in [0.5, 0.6) is 0 Å². The van der Waals surface area contributed by atoms with Gasteiger partial charge in [0.2, 0.25) is 0 Å². The lowest BCUT2D eigenvalue weighted by molar-refractivity contribution is -0.148. The van der Waals surface area contributed by atoms with Gasteiger partial charge in [-0.25, -0.2) is 4.39 Å². The zero-order valence-electron chi connectivity index (χ0n) is 11.5. The van der Waals surface area contributed by atoms with E-state index in [0.717, 1.165) is 5.56 Å². The van der Waals surface area contributed by atoms with Crippen LogP contribution >= 0.6 is 0 Å². The Kier molecular flexibility index (Phi) is 5.92. The first-order valence-electron chi connectivity index (χ1n) is 6.08. The molecule has 0 radical (unpaired) electrons. The van der Waals surface area contributed by atoms with Crippen molar-refractivity contribution in [3.05, 3.63) is 35.6 Å². The number of hydrogen-bond donors (Lipinski definition) is 1. The zero-order chi connectivity index (χ0) is 14.3. The summed E-state index contributed by atoms with van der Waals surface area (Å²) in [4.78, 5) is 11.9. The number of carbonyl (C=O) groups is 1. The molecule has 0 saturated carbocycles. The van der Waals surface area contributed by atoms with Crippen LogP contribution in [0.2, 0.25) is 0 Å². The van der Waals surface area contributed by atoms with E-state index >= 15 is 0 Å². The number of ether oxygens (including phenoxy) is 2. The van der Waals surface area contributed by atoms with Crippen molar-refractivity contribution in [2.24, 2.45) is 0 Å². The van der Waals surface area contributed by atoms with Gasteiger partial charge in [-0.05, 0) is 24.6 Å². The normalized spacial score (nSPS) is 13.9. The summed E-state index contributed by atoms with van der Waals surface area (Å²) in [6.07, 6.45) is 0.348. The highest BCUT2D eigenvalue weighted by atomic mass is 19.1. The van der Waals surface area contributed by atoms with E-state index in [4.69, 9.17) is 9.47 Å². The van der Waals surface area contributed by atoms with E-state index in [1.54, 1.807) is 26.2 Å². The van der Waals surface area contributed by atoms with Crippen molar-refractivity contribution in [3.8, 4) is 0 Å². The van der Waals surface area contributed by atoms with Gasteiger partial charge in [-0.15, -0.1) is 0 Å². The molecule has 0 aromatic heterocycles. The van der Waals surface area contributed by atoms with E-state index < -0.39 is 5.54 Å². The van der Waals surface area contributed by atoms with Crippen molar-refractivity contribution < 1.29 is 18.7 Å². The second-order valence-electron chi connectivity index (χ2n) is 4.55. The van der Waals surface area contributed by atoms with Crippen LogP contribution in [0.25, 0.3) is 0 Å². The summed E-state index contributed by atoms with van der Waals surface area (Å²) in [5.74, 6) is -0.700. The van der Waals surface area contributed by atoms with Crippen LogP contribution in [-0.2, 0) is 20.7 Å². The van der Waals surface area contributed by atoms with Crippen LogP contribution in [0.1, 0.15) is 12.5 Å². The summed E-state index contributed by atoms with van der Waals surface area (Å²) >= 11 is 0. The maximum absolute atomic E-state index is 13.2. The number of nitrogens with one attached hydrogen (secondary N) is 1. The van der Waals surface area contributed by atoms with E-state index in [1.807, 2.05) is 0 Å². The van der Waals surface area contributed by atoms with Crippen LogP contribution in [0.4, 0.5) is 4.39 Å². The van der Waals surface area contributed by atoms with E-state index in [-0.39, 0.29) is 11.8 Å². The number of esters is 1. The van der Waals surface area contributed by atoms with Crippen molar-refractivity contribution >= 4 is 5.97 Å². The third kappa shape index (κ3) is 4.61. The zero-order valence-corrected chi connectivity index (χ0v) is 11.5. The predicted molar refractivity (Wildman–Crippen MR) is 70.4 cm³/mol. The molecule has 1 N–H and O–H groups in total. The van der Waals surface area contributed by atoms with Crippen molar-refractivity contribution in [1.82, 2.24) is 5.32 Å². The Morgan fingerprint density at radius 1 is 1.42 bits per heavy atom. The molecular formula is C14H20FNO3. The van der Waals surface area contributed by atoms with Crippen LogP contribution in [-0.4, -0.2) is 38.9 Å². The fourth-order valence-electron chi connectivity index (χ4n) is 1.92. The Bertz CT molecular complexity index is 425. The Hall–Kier alpha value is -1.46. The molecule has 0 saturated heterocycles. The SMILES string of the molecule is COCCNC(C)(Cc1cccc(F)c1)C(=O)OC. The van der Waals surface area contributed by atoms with Crippen molar-refractivity contribution in [1.29, 1.82) is 0 Å². The van der Waals surface area contributed by atoms with Gasteiger partial charge in [0.15, 0.2) is 0 Å². The first-order chi connectivity index (χ1) is 9.01. The van der Waals surface area contributed by atoms with Gasteiger partial charge >= 0.3 is 5.97 Å². The summed E-state index contributed by atoms with van der Waals surface area (Å²) in [7, 11) is 2.92. The van der Waals surface area contributed by atoms with Crippen LogP contribution < -0.4 is 5.32 Å². The third-order valence-corrected chi connectivity index (χ3v) is 2.90. The maximum Gasteiger partial charge on any atom is 0.326 e. The van der Waals surface area contributed by atoms with Gasteiger partial charge < -0.3 is 9.47 Å². The van der Waals surface area contributed by atoms with Gasteiger partial charge in [0.25, 0.3) is 0 Å². The minimum Gasteiger partial charge on any atom is -0.468 e. The van der Waals surface area contributed by atoms with Crippen molar-refractivity contribution in [2.75, 3.05) is 27.4 Å². The van der Waals surface area contributed by atoms with Crippen molar-refractivity contribution in [2.45, 2.75) is 18.9 Å². The predicted octanol–water partition coefficient (Wildman–Crippen LogP) is 1.54. The standard InChI is InChI=1S/C14H20FNO3/c1-14(13(17)19-3,16-7-8-18-2)10-11-5-4-6-12(15)9-11/h4-6,9,16H,7-8,10H2,1-3H3. The minimum absolute atomic E-state index is 0.318. The summed E-state index contributed by atoms with van der Waals surface area (Å²) in [5.41, 5.74) is -0.168. The Balaban J connectivity index is 2.81. The molecule has 1 atom stereocenters. The third-order valence-electron chi connectivity index (χ3n) is 2.90. The number of halogens is 1. The lowest BCUT2D eigenvalue weighted by atomic mass is 9.92. The van der Waals surface area contributed by atoms with Crippen LogP contribution in [0.15, 0.2) is 24.3 Å². The topological polar surface area (TPSA) is 47.6 Å². The minimum atomic E-state index is -0.902. The van der Waals surface area contributed by atoms with E-state index in [0.29, 0.717) is 19.6 Å².